The van der Waals surface area contributed by atoms with E-state index in [1.165, 1.54) is 0 Å². The lowest BCUT2D eigenvalue weighted by Crippen LogP contribution is -2.12. The summed E-state index contributed by atoms with van der Waals surface area (Å²) in [5.74, 6) is 0.309. The van der Waals surface area contributed by atoms with E-state index in [2.05, 4.69) is 5.32 Å². The summed E-state index contributed by atoms with van der Waals surface area (Å²) in [7, 11) is 0. The van der Waals surface area contributed by atoms with E-state index in [0.717, 1.165) is 23.7 Å². The van der Waals surface area contributed by atoms with Crippen LogP contribution in [-0.2, 0) is 0 Å². The molecule has 1 nitrogen and oxygen atoms in total. The van der Waals surface area contributed by atoms with Crippen LogP contribution < -0.4 is 5.32 Å². The summed E-state index contributed by atoms with van der Waals surface area (Å²) in [4.78, 5) is 0. The van der Waals surface area contributed by atoms with E-state index < -0.39 is 0 Å². The molecule has 1 heterocycles. The zero-order chi connectivity index (χ0) is 9.97. The number of nitrogens with one attached hydrogen (secondary N) is 1. The third kappa shape index (κ3) is 1.77. The molecular weight excluding hydrogens is 201 g/mol. The summed E-state index contributed by atoms with van der Waals surface area (Å²) in [5, 5.41) is 3.95. The van der Waals surface area contributed by atoms with Crippen molar-refractivity contribution in [2.24, 2.45) is 5.92 Å². The Balaban J connectivity index is 2.26. The third-order valence-electron chi connectivity index (χ3n) is 2.84. The second-order valence-corrected chi connectivity index (χ2v) is 4.11. The molecule has 1 aliphatic heterocycles. The first-order valence-corrected chi connectivity index (χ1v) is 5.22. The standard InChI is InChI=1S/C11H13ClFN/c12-11-4-2-1-3-9(11)10-7-14-6-8(10)5-13/h1-4,8,10,14H,5-7H2/t8-,10-/m0/s1. The minimum Gasteiger partial charge on any atom is -0.316 e. The van der Waals surface area contributed by atoms with E-state index in [-0.39, 0.29) is 18.5 Å². The van der Waals surface area contributed by atoms with Gasteiger partial charge in [-0.2, -0.15) is 0 Å². The highest BCUT2D eigenvalue weighted by atomic mass is 35.5. The molecule has 0 saturated carbocycles. The van der Waals surface area contributed by atoms with Crippen molar-refractivity contribution in [2.45, 2.75) is 5.92 Å². The first-order chi connectivity index (χ1) is 6.83. The highest BCUT2D eigenvalue weighted by Gasteiger charge is 2.29. The Labute approximate surface area is 88.3 Å². The molecule has 1 N–H and O–H groups in total. The molecule has 1 aromatic carbocycles. The maximum Gasteiger partial charge on any atom is 0.0941 e. The van der Waals surface area contributed by atoms with Gasteiger partial charge in [0.25, 0.3) is 0 Å². The lowest BCUT2D eigenvalue weighted by Gasteiger charge is -2.16. The monoisotopic (exact) mass is 213 g/mol. The van der Waals surface area contributed by atoms with Gasteiger partial charge in [0.15, 0.2) is 0 Å². The lowest BCUT2D eigenvalue weighted by molar-refractivity contribution is 0.358. The molecule has 1 aromatic rings. The maximum absolute atomic E-state index is 12.7. The van der Waals surface area contributed by atoms with Gasteiger partial charge < -0.3 is 5.32 Å². The first-order valence-electron chi connectivity index (χ1n) is 4.84. The van der Waals surface area contributed by atoms with Crippen LogP contribution in [0, 0.1) is 5.92 Å². The number of benzene rings is 1. The molecule has 0 aliphatic carbocycles. The molecule has 2 atom stereocenters. The van der Waals surface area contributed by atoms with Crippen LogP contribution in [0.15, 0.2) is 24.3 Å². The molecule has 0 spiro atoms. The van der Waals surface area contributed by atoms with Gasteiger partial charge in [-0.25, -0.2) is 0 Å². The highest BCUT2D eigenvalue weighted by Crippen LogP contribution is 2.32. The average Bonchev–Trinajstić information content (AvgIpc) is 2.66. The van der Waals surface area contributed by atoms with Crippen LogP contribution in [0.25, 0.3) is 0 Å². The molecule has 1 saturated heterocycles. The minimum atomic E-state index is -0.275. The molecule has 0 bridgehead atoms. The zero-order valence-corrected chi connectivity index (χ0v) is 8.60. The Kier molecular flexibility index (Phi) is 3.04. The van der Waals surface area contributed by atoms with Crippen molar-refractivity contribution in [3.8, 4) is 0 Å². The third-order valence-corrected chi connectivity index (χ3v) is 3.19. The molecule has 1 aliphatic rings. The molecule has 14 heavy (non-hydrogen) atoms. The largest absolute Gasteiger partial charge is 0.316 e. The van der Waals surface area contributed by atoms with Crippen molar-refractivity contribution in [3.63, 3.8) is 0 Å². The number of rotatable bonds is 2. The van der Waals surface area contributed by atoms with Crippen molar-refractivity contribution in [1.82, 2.24) is 5.32 Å². The summed E-state index contributed by atoms with van der Waals surface area (Å²) in [5.41, 5.74) is 1.07. The summed E-state index contributed by atoms with van der Waals surface area (Å²) in [6, 6.07) is 7.71. The van der Waals surface area contributed by atoms with E-state index >= 15 is 0 Å². The van der Waals surface area contributed by atoms with Crippen molar-refractivity contribution < 1.29 is 4.39 Å². The Morgan fingerprint density at radius 3 is 2.86 bits per heavy atom. The van der Waals surface area contributed by atoms with Crippen molar-refractivity contribution in [1.29, 1.82) is 0 Å². The fourth-order valence-electron chi connectivity index (χ4n) is 2.03. The maximum atomic E-state index is 12.7. The Hall–Kier alpha value is -0.600. The van der Waals surface area contributed by atoms with E-state index in [9.17, 15) is 4.39 Å². The van der Waals surface area contributed by atoms with Crippen molar-refractivity contribution in [3.05, 3.63) is 34.9 Å². The molecule has 1 fully saturated rings. The fraction of sp³-hybridized carbons (Fsp3) is 0.455. The van der Waals surface area contributed by atoms with E-state index in [0.29, 0.717) is 0 Å². The Morgan fingerprint density at radius 1 is 1.36 bits per heavy atom. The Morgan fingerprint density at radius 2 is 2.14 bits per heavy atom. The average molecular weight is 214 g/mol. The van der Waals surface area contributed by atoms with Crippen LogP contribution in [0.4, 0.5) is 4.39 Å². The summed E-state index contributed by atoms with van der Waals surface area (Å²) in [6.07, 6.45) is 0. The lowest BCUT2D eigenvalue weighted by atomic mass is 9.90. The van der Waals surface area contributed by atoms with Crippen LogP contribution in [0.3, 0.4) is 0 Å². The van der Waals surface area contributed by atoms with Gasteiger partial charge in [-0.05, 0) is 11.6 Å². The summed E-state index contributed by atoms with van der Waals surface area (Å²) in [6.45, 7) is 1.31. The zero-order valence-electron chi connectivity index (χ0n) is 7.84. The molecule has 0 radical (unpaired) electrons. The van der Waals surface area contributed by atoms with Crippen LogP contribution in [-0.4, -0.2) is 19.8 Å². The second-order valence-electron chi connectivity index (χ2n) is 3.70. The fourth-order valence-corrected chi connectivity index (χ4v) is 2.31. The normalized spacial score (nSPS) is 26.7. The SMILES string of the molecule is FC[C@H]1CNC[C@@H]1c1ccccc1Cl. The molecule has 3 heteroatoms. The topological polar surface area (TPSA) is 12.0 Å². The van der Waals surface area contributed by atoms with Crippen LogP contribution >= 0.6 is 11.6 Å². The van der Waals surface area contributed by atoms with Crippen molar-refractivity contribution in [2.75, 3.05) is 19.8 Å². The van der Waals surface area contributed by atoms with Crippen molar-refractivity contribution >= 4 is 11.6 Å². The van der Waals surface area contributed by atoms with Gasteiger partial charge in [0.05, 0.1) is 6.67 Å². The van der Waals surface area contributed by atoms with Gasteiger partial charge in [-0.1, -0.05) is 29.8 Å². The summed E-state index contributed by atoms with van der Waals surface area (Å²) < 4.78 is 12.7. The predicted octanol–water partition coefficient (Wildman–Crippen LogP) is 2.61. The highest BCUT2D eigenvalue weighted by molar-refractivity contribution is 6.31. The number of halogens is 2. The van der Waals surface area contributed by atoms with Gasteiger partial charge in [0.1, 0.15) is 0 Å². The molecule has 0 amide bonds. The van der Waals surface area contributed by atoms with Gasteiger partial charge in [-0.15, -0.1) is 0 Å². The van der Waals surface area contributed by atoms with Gasteiger partial charge in [0, 0.05) is 29.9 Å². The number of hydrogen-bond acceptors (Lipinski definition) is 1. The van der Waals surface area contributed by atoms with Gasteiger partial charge in [-0.3, -0.25) is 4.39 Å². The van der Waals surface area contributed by atoms with Crippen LogP contribution in [0.1, 0.15) is 11.5 Å². The minimum absolute atomic E-state index is 0.0786. The van der Waals surface area contributed by atoms with Gasteiger partial charge >= 0.3 is 0 Å². The van der Waals surface area contributed by atoms with E-state index in [4.69, 9.17) is 11.6 Å². The summed E-state index contributed by atoms with van der Waals surface area (Å²) >= 11 is 6.08. The van der Waals surface area contributed by atoms with Crippen LogP contribution in [0.2, 0.25) is 5.02 Å². The van der Waals surface area contributed by atoms with E-state index in [1.54, 1.807) is 0 Å². The molecule has 76 valence electrons. The van der Waals surface area contributed by atoms with E-state index in [1.807, 2.05) is 24.3 Å². The first kappa shape index (κ1) is 9.94. The molecule has 0 aromatic heterocycles. The second kappa shape index (κ2) is 4.28. The van der Waals surface area contributed by atoms with Gasteiger partial charge in [0.2, 0.25) is 0 Å². The quantitative estimate of drug-likeness (QED) is 0.797. The van der Waals surface area contributed by atoms with Crippen LogP contribution in [0.5, 0.6) is 0 Å². The number of hydrogen-bond donors (Lipinski definition) is 1. The smallest absolute Gasteiger partial charge is 0.0941 e. The molecule has 2 rings (SSSR count). The predicted molar refractivity (Wildman–Crippen MR) is 56.5 cm³/mol. The Bertz CT molecular complexity index is 316. The molecule has 0 unspecified atom stereocenters. The molecular formula is C11H13ClFN. The number of alkyl halides is 1.